The molecule has 0 unspecified atom stereocenters. The number of nitrogens with one attached hydrogen (secondary N) is 1. The summed E-state index contributed by atoms with van der Waals surface area (Å²) in [5, 5.41) is 3.59. The summed E-state index contributed by atoms with van der Waals surface area (Å²) in [4.78, 5) is 19.5. The molecule has 1 amide bonds. The molecule has 0 aliphatic carbocycles. The van der Waals surface area contributed by atoms with Crippen molar-refractivity contribution in [2.45, 2.75) is 6.54 Å². The Balaban J connectivity index is 1.60. The second-order valence-electron chi connectivity index (χ2n) is 6.13. The topological polar surface area (TPSA) is 58.9 Å². The highest BCUT2D eigenvalue weighted by atomic mass is 35.5. The molecule has 0 atom stereocenters. The van der Waals surface area contributed by atoms with Crippen LogP contribution in [0.2, 0.25) is 5.02 Å². The van der Waals surface area contributed by atoms with E-state index < -0.39 is 0 Å². The van der Waals surface area contributed by atoms with E-state index in [1.165, 1.54) is 0 Å². The Morgan fingerprint density at radius 1 is 1.19 bits per heavy atom. The lowest BCUT2D eigenvalue weighted by atomic mass is 10.2. The van der Waals surface area contributed by atoms with Gasteiger partial charge in [-0.1, -0.05) is 29.8 Å². The summed E-state index contributed by atoms with van der Waals surface area (Å²) in [5.41, 5.74) is 2.16. The van der Waals surface area contributed by atoms with Gasteiger partial charge in [-0.05, 0) is 29.8 Å². The first kappa shape index (κ1) is 16.9. The molecule has 1 aromatic carbocycles. The Hall–Kier alpha value is -2.57. The highest BCUT2D eigenvalue weighted by Crippen LogP contribution is 2.21. The lowest BCUT2D eigenvalue weighted by Crippen LogP contribution is -2.37. The molecule has 7 heteroatoms. The van der Waals surface area contributed by atoms with Crippen molar-refractivity contribution in [2.75, 3.05) is 31.2 Å². The van der Waals surface area contributed by atoms with Crippen LogP contribution in [0.5, 0.6) is 0 Å². The van der Waals surface area contributed by atoms with Gasteiger partial charge in [-0.25, -0.2) is 4.98 Å². The molecule has 0 radical (unpaired) electrons. The zero-order valence-corrected chi connectivity index (χ0v) is 14.9. The third kappa shape index (κ3) is 3.38. The molecular formula is C19H19ClN4O2. The van der Waals surface area contributed by atoms with Gasteiger partial charge < -0.3 is 15.0 Å². The maximum Gasteiger partial charge on any atom is 0.272 e. The first-order chi connectivity index (χ1) is 12.7. The van der Waals surface area contributed by atoms with Crippen LogP contribution in [0.15, 0.2) is 48.7 Å². The highest BCUT2D eigenvalue weighted by Gasteiger charge is 2.22. The van der Waals surface area contributed by atoms with Gasteiger partial charge in [-0.3, -0.25) is 9.20 Å². The number of nitrogens with zero attached hydrogens (tertiary/aromatic N) is 3. The average molecular weight is 371 g/mol. The molecule has 1 saturated heterocycles. The quantitative estimate of drug-likeness (QED) is 0.767. The molecule has 1 aliphatic rings. The van der Waals surface area contributed by atoms with Crippen LogP contribution < -0.4 is 10.2 Å². The summed E-state index contributed by atoms with van der Waals surface area (Å²) in [6.45, 7) is 3.25. The Kier molecular flexibility index (Phi) is 4.77. The van der Waals surface area contributed by atoms with E-state index in [2.05, 4.69) is 15.2 Å². The third-order valence-corrected chi connectivity index (χ3v) is 4.62. The number of pyridine rings is 1. The van der Waals surface area contributed by atoms with E-state index in [0.29, 0.717) is 30.5 Å². The van der Waals surface area contributed by atoms with E-state index in [4.69, 9.17) is 16.3 Å². The number of halogens is 1. The number of fused-ring (bicyclic) bond motifs is 1. The van der Waals surface area contributed by atoms with Gasteiger partial charge in [0, 0.05) is 30.9 Å². The molecular weight excluding hydrogens is 352 g/mol. The largest absolute Gasteiger partial charge is 0.378 e. The molecule has 0 bridgehead atoms. The summed E-state index contributed by atoms with van der Waals surface area (Å²) in [7, 11) is 0. The first-order valence-electron chi connectivity index (χ1n) is 8.55. The molecule has 6 nitrogen and oxygen atoms in total. The fourth-order valence-corrected chi connectivity index (χ4v) is 3.30. The fraction of sp³-hybridized carbons (Fsp3) is 0.263. The third-order valence-electron chi connectivity index (χ3n) is 4.38. The van der Waals surface area contributed by atoms with Crippen LogP contribution in [-0.4, -0.2) is 41.6 Å². The molecule has 3 aromatic rings. The highest BCUT2D eigenvalue weighted by molar-refractivity contribution is 6.30. The van der Waals surface area contributed by atoms with Crippen LogP contribution in [0.1, 0.15) is 16.1 Å². The molecule has 3 heterocycles. The van der Waals surface area contributed by atoms with Crippen LogP contribution >= 0.6 is 11.6 Å². The normalized spacial score (nSPS) is 14.6. The molecule has 1 fully saturated rings. The fourth-order valence-electron chi connectivity index (χ4n) is 3.09. The predicted octanol–water partition coefficient (Wildman–Crippen LogP) is 2.75. The number of hydrogen-bond donors (Lipinski definition) is 1. The van der Waals surface area contributed by atoms with Crippen molar-refractivity contribution in [1.29, 1.82) is 0 Å². The zero-order valence-electron chi connectivity index (χ0n) is 14.2. The van der Waals surface area contributed by atoms with Crippen molar-refractivity contribution >= 4 is 29.0 Å². The lowest BCUT2D eigenvalue weighted by molar-refractivity contribution is 0.0948. The van der Waals surface area contributed by atoms with E-state index in [-0.39, 0.29) is 5.91 Å². The second-order valence-corrected chi connectivity index (χ2v) is 6.56. The number of carbonyl (C=O) groups excluding carboxylic acids is 1. The number of anilines is 1. The number of aromatic nitrogens is 2. The Morgan fingerprint density at radius 3 is 2.85 bits per heavy atom. The van der Waals surface area contributed by atoms with Crippen LogP contribution in [0.25, 0.3) is 5.52 Å². The van der Waals surface area contributed by atoms with Gasteiger partial charge in [0.25, 0.3) is 5.91 Å². The molecule has 0 saturated carbocycles. The van der Waals surface area contributed by atoms with E-state index in [9.17, 15) is 4.79 Å². The molecule has 134 valence electrons. The molecule has 4 rings (SSSR count). The van der Waals surface area contributed by atoms with Gasteiger partial charge in [0.1, 0.15) is 0 Å². The Labute approximate surface area is 156 Å². The van der Waals surface area contributed by atoms with Crippen molar-refractivity contribution in [3.63, 3.8) is 0 Å². The van der Waals surface area contributed by atoms with Gasteiger partial charge >= 0.3 is 0 Å². The minimum absolute atomic E-state index is 0.201. The Morgan fingerprint density at radius 2 is 2.04 bits per heavy atom. The zero-order chi connectivity index (χ0) is 17.9. The monoisotopic (exact) mass is 370 g/mol. The number of morpholine rings is 1. The van der Waals surface area contributed by atoms with Crippen LogP contribution in [-0.2, 0) is 11.3 Å². The molecule has 1 N–H and O–H groups in total. The summed E-state index contributed by atoms with van der Waals surface area (Å²) in [6.07, 6.45) is 1.93. The SMILES string of the molecule is O=C(NCc1cccc(Cl)c1)c1nc(N2CCOCC2)n2ccccc12. The minimum Gasteiger partial charge on any atom is -0.378 e. The number of rotatable bonds is 4. The number of amides is 1. The molecule has 26 heavy (non-hydrogen) atoms. The summed E-state index contributed by atoms with van der Waals surface area (Å²) in [6, 6.07) is 13.2. The molecule has 1 aliphatic heterocycles. The number of benzene rings is 1. The van der Waals surface area contributed by atoms with E-state index >= 15 is 0 Å². The average Bonchev–Trinajstić information content (AvgIpc) is 3.07. The van der Waals surface area contributed by atoms with E-state index in [1.54, 1.807) is 0 Å². The van der Waals surface area contributed by atoms with Crippen molar-refractivity contribution in [3.8, 4) is 0 Å². The van der Waals surface area contributed by atoms with Gasteiger partial charge in [0.15, 0.2) is 5.69 Å². The smallest absolute Gasteiger partial charge is 0.272 e. The van der Waals surface area contributed by atoms with Gasteiger partial charge in [-0.2, -0.15) is 0 Å². The lowest BCUT2D eigenvalue weighted by Gasteiger charge is -2.27. The van der Waals surface area contributed by atoms with Crippen molar-refractivity contribution in [3.05, 3.63) is 64.9 Å². The molecule has 0 spiro atoms. The van der Waals surface area contributed by atoms with Gasteiger partial charge in [0.2, 0.25) is 5.95 Å². The van der Waals surface area contributed by atoms with Gasteiger partial charge in [0.05, 0.1) is 18.7 Å². The van der Waals surface area contributed by atoms with Crippen molar-refractivity contribution in [1.82, 2.24) is 14.7 Å². The second kappa shape index (κ2) is 7.35. The number of imidazole rings is 1. The van der Waals surface area contributed by atoms with Crippen LogP contribution in [0, 0.1) is 0 Å². The van der Waals surface area contributed by atoms with Crippen molar-refractivity contribution in [2.24, 2.45) is 0 Å². The number of hydrogen-bond acceptors (Lipinski definition) is 4. The predicted molar refractivity (Wildman–Crippen MR) is 101 cm³/mol. The number of carbonyl (C=O) groups is 1. The van der Waals surface area contributed by atoms with Crippen LogP contribution in [0.4, 0.5) is 5.95 Å². The summed E-state index contributed by atoms with van der Waals surface area (Å²) >= 11 is 6.00. The molecule has 2 aromatic heterocycles. The maximum atomic E-state index is 12.7. The van der Waals surface area contributed by atoms with E-state index in [0.717, 1.165) is 30.1 Å². The summed E-state index contributed by atoms with van der Waals surface area (Å²) in [5.74, 6) is 0.574. The van der Waals surface area contributed by atoms with Gasteiger partial charge in [-0.15, -0.1) is 0 Å². The Bertz CT molecular complexity index is 934. The van der Waals surface area contributed by atoms with Crippen molar-refractivity contribution < 1.29 is 9.53 Å². The minimum atomic E-state index is -0.201. The van der Waals surface area contributed by atoms with E-state index in [1.807, 2.05) is 53.1 Å². The number of ether oxygens (including phenoxy) is 1. The summed E-state index contributed by atoms with van der Waals surface area (Å²) < 4.78 is 7.37. The van der Waals surface area contributed by atoms with Crippen LogP contribution in [0.3, 0.4) is 0 Å². The first-order valence-corrected chi connectivity index (χ1v) is 8.92. The standard InChI is InChI=1S/C19H19ClN4O2/c20-15-5-3-4-14(12-15)13-21-18(25)17-16-6-1-2-7-24(16)19(22-17)23-8-10-26-11-9-23/h1-7,12H,8-11,13H2,(H,21,25). The maximum absolute atomic E-state index is 12.7.